The van der Waals surface area contributed by atoms with Crippen LogP contribution in [0.25, 0.3) is 0 Å². The molecular formula is C30H23ClF5N3O2. The number of nitrogens with one attached hydrogen (secondary N) is 1. The van der Waals surface area contributed by atoms with E-state index in [-0.39, 0.29) is 32.1 Å². The maximum atomic E-state index is 14.2. The lowest BCUT2D eigenvalue weighted by molar-refractivity contribution is 0.102. The van der Waals surface area contributed by atoms with Crippen molar-refractivity contribution in [3.63, 3.8) is 0 Å². The second kappa shape index (κ2) is 12.1. The fraction of sp³-hybridized carbons (Fsp3) is 0.167. The van der Waals surface area contributed by atoms with Gasteiger partial charge in [0.05, 0.1) is 10.7 Å². The Morgan fingerprint density at radius 2 is 1.34 bits per heavy atom. The molecule has 1 heterocycles. The highest BCUT2D eigenvalue weighted by Gasteiger charge is 2.31. The third kappa shape index (κ3) is 6.07. The second-order valence-corrected chi connectivity index (χ2v) is 9.72. The van der Waals surface area contributed by atoms with Crippen LogP contribution in [0.1, 0.15) is 15.9 Å². The van der Waals surface area contributed by atoms with Crippen LogP contribution in [0.5, 0.6) is 5.75 Å². The highest BCUT2D eigenvalue weighted by Crippen LogP contribution is 2.33. The summed E-state index contributed by atoms with van der Waals surface area (Å²) in [4.78, 5) is 15.7. The minimum Gasteiger partial charge on any atom is -0.489 e. The highest BCUT2D eigenvalue weighted by atomic mass is 35.5. The standard InChI is InChI=1S/C30H23ClF5N3O2/c31-22-16-20(37-30(40)19-6-9-21(10-7-19)41-17-18-4-2-1-3-5-18)8-11-23(22)38-12-14-39(15-13-38)29-27(35)25(33)24(32)26(34)28(29)36/h1-11,16H,12-15,17H2,(H,37,40). The molecule has 1 fully saturated rings. The van der Waals surface area contributed by atoms with Gasteiger partial charge in [0.15, 0.2) is 23.3 Å². The van der Waals surface area contributed by atoms with Crippen LogP contribution in [0.3, 0.4) is 0 Å². The first-order chi connectivity index (χ1) is 19.7. The molecular weight excluding hydrogens is 565 g/mol. The van der Waals surface area contributed by atoms with Gasteiger partial charge in [0.2, 0.25) is 5.82 Å². The number of piperazine rings is 1. The molecule has 0 radical (unpaired) electrons. The van der Waals surface area contributed by atoms with Crippen molar-refractivity contribution in [2.75, 3.05) is 41.3 Å². The van der Waals surface area contributed by atoms with Gasteiger partial charge in [0, 0.05) is 37.4 Å². The van der Waals surface area contributed by atoms with E-state index in [0.29, 0.717) is 34.3 Å². The van der Waals surface area contributed by atoms with Gasteiger partial charge in [-0.25, -0.2) is 22.0 Å². The molecule has 4 aromatic carbocycles. The summed E-state index contributed by atoms with van der Waals surface area (Å²) in [6, 6.07) is 21.3. The molecule has 0 atom stereocenters. The largest absolute Gasteiger partial charge is 0.489 e. The zero-order chi connectivity index (χ0) is 29.1. The van der Waals surface area contributed by atoms with Crippen molar-refractivity contribution < 1.29 is 31.5 Å². The molecule has 0 spiro atoms. The average molecular weight is 588 g/mol. The summed E-state index contributed by atoms with van der Waals surface area (Å²) in [7, 11) is 0. The van der Waals surface area contributed by atoms with E-state index in [1.807, 2.05) is 35.2 Å². The molecule has 5 nitrogen and oxygen atoms in total. The monoisotopic (exact) mass is 587 g/mol. The third-order valence-electron chi connectivity index (χ3n) is 6.69. The smallest absolute Gasteiger partial charge is 0.255 e. The lowest BCUT2D eigenvalue weighted by Gasteiger charge is -2.38. The Hall–Kier alpha value is -4.31. The Morgan fingerprint density at radius 3 is 1.95 bits per heavy atom. The fourth-order valence-electron chi connectivity index (χ4n) is 4.53. The Labute approximate surface area is 237 Å². The molecule has 0 bridgehead atoms. The highest BCUT2D eigenvalue weighted by molar-refractivity contribution is 6.33. The summed E-state index contributed by atoms with van der Waals surface area (Å²) >= 11 is 6.48. The Bertz CT molecular complexity index is 1530. The summed E-state index contributed by atoms with van der Waals surface area (Å²) < 4.78 is 74.9. The van der Waals surface area contributed by atoms with Crippen molar-refractivity contribution in [3.8, 4) is 5.75 Å². The molecule has 1 amide bonds. The normalized spacial score (nSPS) is 13.3. The Balaban J connectivity index is 1.19. The Kier molecular flexibility index (Phi) is 8.30. The van der Waals surface area contributed by atoms with Crippen molar-refractivity contribution in [2.24, 2.45) is 0 Å². The minimum absolute atomic E-state index is 0.00176. The number of carbonyl (C=O) groups excluding carboxylic acids is 1. The molecule has 212 valence electrons. The topological polar surface area (TPSA) is 44.8 Å². The van der Waals surface area contributed by atoms with Crippen LogP contribution in [0.4, 0.5) is 39.0 Å². The summed E-state index contributed by atoms with van der Waals surface area (Å²) in [5, 5.41) is 3.10. The number of amides is 1. The first-order valence-electron chi connectivity index (χ1n) is 12.6. The van der Waals surface area contributed by atoms with E-state index in [1.165, 1.54) is 0 Å². The number of anilines is 3. The lowest BCUT2D eigenvalue weighted by Crippen LogP contribution is -2.47. The number of carbonyl (C=O) groups is 1. The van der Waals surface area contributed by atoms with Gasteiger partial charge in [-0.3, -0.25) is 4.79 Å². The Morgan fingerprint density at radius 1 is 0.756 bits per heavy atom. The van der Waals surface area contributed by atoms with Crippen molar-refractivity contribution in [2.45, 2.75) is 6.61 Å². The maximum Gasteiger partial charge on any atom is 0.255 e. The summed E-state index contributed by atoms with van der Waals surface area (Å²) in [6.07, 6.45) is 0. The zero-order valence-electron chi connectivity index (χ0n) is 21.4. The van der Waals surface area contributed by atoms with Crippen molar-refractivity contribution >= 4 is 34.6 Å². The molecule has 0 aromatic heterocycles. The molecule has 1 aliphatic heterocycles. The molecule has 1 aliphatic rings. The first-order valence-corrected chi connectivity index (χ1v) is 13.0. The molecule has 4 aromatic rings. The fourth-order valence-corrected chi connectivity index (χ4v) is 4.83. The number of hydrogen-bond acceptors (Lipinski definition) is 4. The number of halogens is 6. The van der Waals surface area contributed by atoms with Crippen LogP contribution in [0.2, 0.25) is 5.02 Å². The molecule has 0 aliphatic carbocycles. The molecule has 11 heteroatoms. The van der Waals surface area contributed by atoms with Crippen LogP contribution in [-0.2, 0) is 6.61 Å². The van der Waals surface area contributed by atoms with E-state index in [1.54, 1.807) is 42.5 Å². The average Bonchev–Trinajstić information content (AvgIpc) is 2.99. The first kappa shape index (κ1) is 28.2. The number of nitrogens with zero attached hydrogens (tertiary/aromatic N) is 2. The van der Waals surface area contributed by atoms with Gasteiger partial charge in [0.1, 0.15) is 18.0 Å². The summed E-state index contributed by atoms with van der Waals surface area (Å²) in [5.74, 6) is -9.59. The number of benzene rings is 4. The predicted octanol–water partition coefficient (Wildman–Crippen LogP) is 7.19. The molecule has 0 saturated carbocycles. The SMILES string of the molecule is O=C(Nc1ccc(N2CCN(c3c(F)c(F)c(F)c(F)c3F)CC2)c(Cl)c1)c1ccc(OCc2ccccc2)cc1. The molecule has 0 unspecified atom stereocenters. The van der Waals surface area contributed by atoms with Crippen molar-refractivity contribution in [1.82, 2.24) is 0 Å². The number of rotatable bonds is 7. The summed E-state index contributed by atoms with van der Waals surface area (Å²) in [6.45, 7) is 0.826. The summed E-state index contributed by atoms with van der Waals surface area (Å²) in [5.41, 5.74) is 1.55. The second-order valence-electron chi connectivity index (χ2n) is 9.31. The van der Waals surface area contributed by atoms with Crippen LogP contribution in [-0.4, -0.2) is 32.1 Å². The minimum atomic E-state index is -2.19. The van der Waals surface area contributed by atoms with Crippen molar-refractivity contribution in [3.05, 3.63) is 118 Å². The van der Waals surface area contributed by atoms with Gasteiger partial charge in [-0.15, -0.1) is 0 Å². The van der Waals surface area contributed by atoms with Crippen LogP contribution < -0.4 is 19.9 Å². The quantitative estimate of drug-likeness (QED) is 0.141. The van der Waals surface area contributed by atoms with Gasteiger partial charge in [0.25, 0.3) is 5.91 Å². The van der Waals surface area contributed by atoms with E-state index >= 15 is 0 Å². The van der Waals surface area contributed by atoms with Crippen molar-refractivity contribution in [1.29, 1.82) is 0 Å². The van der Waals surface area contributed by atoms with E-state index < -0.39 is 34.8 Å². The van der Waals surface area contributed by atoms with Crippen LogP contribution >= 0.6 is 11.6 Å². The van der Waals surface area contributed by atoms with E-state index in [0.717, 1.165) is 10.5 Å². The van der Waals surface area contributed by atoms with Crippen LogP contribution in [0, 0.1) is 29.1 Å². The molecule has 1 saturated heterocycles. The van der Waals surface area contributed by atoms with Gasteiger partial charge in [-0.05, 0) is 48.0 Å². The predicted molar refractivity (Wildman–Crippen MR) is 147 cm³/mol. The van der Waals surface area contributed by atoms with E-state index in [4.69, 9.17) is 16.3 Å². The van der Waals surface area contributed by atoms with E-state index in [2.05, 4.69) is 5.32 Å². The molecule has 41 heavy (non-hydrogen) atoms. The van der Waals surface area contributed by atoms with E-state index in [9.17, 15) is 26.7 Å². The third-order valence-corrected chi connectivity index (χ3v) is 7.00. The van der Waals surface area contributed by atoms with Gasteiger partial charge in [-0.1, -0.05) is 41.9 Å². The van der Waals surface area contributed by atoms with Gasteiger partial charge < -0.3 is 19.9 Å². The molecule has 1 N–H and O–H groups in total. The van der Waals surface area contributed by atoms with Gasteiger partial charge in [-0.2, -0.15) is 0 Å². The lowest BCUT2D eigenvalue weighted by atomic mass is 10.1. The number of hydrogen-bond donors (Lipinski definition) is 1. The number of ether oxygens (including phenoxy) is 1. The maximum absolute atomic E-state index is 14.2. The van der Waals surface area contributed by atoms with Crippen LogP contribution in [0.15, 0.2) is 72.8 Å². The molecule has 5 rings (SSSR count). The zero-order valence-corrected chi connectivity index (χ0v) is 22.2. The van der Waals surface area contributed by atoms with Gasteiger partial charge >= 0.3 is 0 Å².